The molecular formula is C17H23N7O. The third-order valence-corrected chi connectivity index (χ3v) is 4.61. The maximum Gasteiger partial charge on any atom is 0.230 e. The Morgan fingerprint density at radius 2 is 2.00 bits per heavy atom. The molecule has 1 atom stereocenters. The van der Waals surface area contributed by atoms with Crippen LogP contribution in [0, 0.1) is 0 Å². The van der Waals surface area contributed by atoms with Crippen molar-refractivity contribution in [2.45, 2.75) is 25.5 Å². The lowest BCUT2D eigenvalue weighted by Gasteiger charge is -2.32. The van der Waals surface area contributed by atoms with Crippen LogP contribution in [-0.2, 0) is 11.3 Å². The van der Waals surface area contributed by atoms with E-state index in [9.17, 15) is 0 Å². The number of aromatic nitrogens is 4. The number of rotatable bonds is 4. The van der Waals surface area contributed by atoms with Crippen LogP contribution >= 0.6 is 0 Å². The number of nitrogens with zero attached hydrogens (tertiary/aromatic N) is 6. The van der Waals surface area contributed by atoms with Crippen molar-refractivity contribution in [1.29, 1.82) is 0 Å². The summed E-state index contributed by atoms with van der Waals surface area (Å²) in [5, 5.41) is 0. The Hall–Kier alpha value is -2.32. The number of ether oxygens (including phenoxy) is 1. The summed E-state index contributed by atoms with van der Waals surface area (Å²) < 4.78 is 5.87. The molecule has 0 bridgehead atoms. The second kappa shape index (κ2) is 7.28. The molecule has 2 N–H and O–H groups in total. The van der Waals surface area contributed by atoms with Gasteiger partial charge in [0, 0.05) is 32.4 Å². The third-order valence-electron chi connectivity index (χ3n) is 4.61. The number of nitrogen functional groups attached to an aromatic ring is 1. The Labute approximate surface area is 147 Å². The van der Waals surface area contributed by atoms with Crippen molar-refractivity contribution in [1.82, 2.24) is 24.8 Å². The van der Waals surface area contributed by atoms with Gasteiger partial charge < -0.3 is 15.4 Å². The topological polar surface area (TPSA) is 93.3 Å². The monoisotopic (exact) mass is 341 g/mol. The highest BCUT2D eigenvalue weighted by Gasteiger charge is 2.24. The molecule has 0 aromatic carbocycles. The molecule has 2 aliphatic heterocycles. The number of anilines is 2. The van der Waals surface area contributed by atoms with Crippen molar-refractivity contribution < 1.29 is 4.74 Å². The Morgan fingerprint density at radius 3 is 2.80 bits per heavy atom. The maximum absolute atomic E-state index is 5.91. The smallest absolute Gasteiger partial charge is 0.230 e. The lowest BCUT2D eigenvalue weighted by molar-refractivity contribution is -0.0357. The average Bonchev–Trinajstić information content (AvgIpc) is 3.17. The summed E-state index contributed by atoms with van der Waals surface area (Å²) in [5.74, 6) is 1.71. The van der Waals surface area contributed by atoms with Gasteiger partial charge in [-0.05, 0) is 25.0 Å². The van der Waals surface area contributed by atoms with Gasteiger partial charge in [-0.2, -0.15) is 15.0 Å². The van der Waals surface area contributed by atoms with Crippen LogP contribution in [0.1, 0.15) is 30.5 Å². The van der Waals surface area contributed by atoms with Crippen LogP contribution in [0.4, 0.5) is 11.9 Å². The zero-order chi connectivity index (χ0) is 17.1. The molecule has 2 fully saturated rings. The molecule has 2 saturated heterocycles. The van der Waals surface area contributed by atoms with Gasteiger partial charge in [-0.25, -0.2) is 0 Å². The second-order valence-corrected chi connectivity index (χ2v) is 6.45. The van der Waals surface area contributed by atoms with E-state index in [4.69, 9.17) is 10.5 Å². The molecule has 2 aliphatic rings. The molecule has 2 aromatic rings. The summed E-state index contributed by atoms with van der Waals surface area (Å²) in [6, 6.07) is 5.90. The van der Waals surface area contributed by atoms with E-state index in [0.717, 1.165) is 37.7 Å². The Kier molecular flexibility index (Phi) is 4.71. The van der Waals surface area contributed by atoms with E-state index in [1.54, 1.807) is 6.20 Å². The predicted octanol–water partition coefficient (Wildman–Crippen LogP) is 1.02. The van der Waals surface area contributed by atoms with Crippen LogP contribution in [0.3, 0.4) is 0 Å². The van der Waals surface area contributed by atoms with Crippen LogP contribution in [0.2, 0.25) is 0 Å². The molecule has 1 unspecified atom stereocenters. The van der Waals surface area contributed by atoms with Gasteiger partial charge in [0.15, 0.2) is 0 Å². The number of morpholine rings is 1. The normalized spacial score (nSPS) is 21.6. The van der Waals surface area contributed by atoms with Crippen molar-refractivity contribution in [2.24, 2.45) is 0 Å². The van der Waals surface area contributed by atoms with Crippen molar-refractivity contribution in [2.75, 3.05) is 43.4 Å². The molecule has 132 valence electrons. The van der Waals surface area contributed by atoms with Crippen LogP contribution in [0.5, 0.6) is 0 Å². The van der Waals surface area contributed by atoms with Gasteiger partial charge >= 0.3 is 0 Å². The van der Waals surface area contributed by atoms with Gasteiger partial charge in [-0.1, -0.05) is 6.07 Å². The minimum atomic E-state index is -0.0211. The van der Waals surface area contributed by atoms with Gasteiger partial charge in [-0.3, -0.25) is 9.88 Å². The fraction of sp³-hybridized carbons (Fsp3) is 0.529. The first-order valence-electron chi connectivity index (χ1n) is 8.78. The first-order chi connectivity index (χ1) is 12.3. The average molecular weight is 341 g/mol. The number of pyridine rings is 1. The SMILES string of the molecule is Nc1nc(CN2CCOC(c3ccccn3)C2)nc(N2CCCC2)n1. The maximum atomic E-state index is 5.91. The molecule has 8 heteroatoms. The fourth-order valence-electron chi connectivity index (χ4n) is 3.35. The molecule has 25 heavy (non-hydrogen) atoms. The molecule has 4 heterocycles. The molecule has 0 saturated carbocycles. The van der Waals surface area contributed by atoms with Crippen molar-refractivity contribution in [3.63, 3.8) is 0 Å². The molecular weight excluding hydrogens is 318 g/mol. The summed E-state index contributed by atoms with van der Waals surface area (Å²) in [7, 11) is 0. The fourth-order valence-corrected chi connectivity index (χ4v) is 3.35. The third kappa shape index (κ3) is 3.85. The molecule has 0 spiro atoms. The zero-order valence-electron chi connectivity index (χ0n) is 14.2. The van der Waals surface area contributed by atoms with Gasteiger partial charge in [0.05, 0.1) is 18.8 Å². The van der Waals surface area contributed by atoms with Gasteiger partial charge in [0.1, 0.15) is 11.9 Å². The summed E-state index contributed by atoms with van der Waals surface area (Å²) in [5.41, 5.74) is 6.87. The van der Waals surface area contributed by atoms with Crippen molar-refractivity contribution in [3.05, 3.63) is 35.9 Å². The molecule has 0 aliphatic carbocycles. The van der Waals surface area contributed by atoms with Crippen molar-refractivity contribution >= 4 is 11.9 Å². The Morgan fingerprint density at radius 1 is 1.12 bits per heavy atom. The Bertz CT molecular complexity index is 705. The summed E-state index contributed by atoms with van der Waals surface area (Å²) in [4.78, 5) is 22.1. The lowest BCUT2D eigenvalue weighted by Crippen LogP contribution is -2.38. The summed E-state index contributed by atoms with van der Waals surface area (Å²) in [6.45, 7) is 4.89. The van der Waals surface area contributed by atoms with Gasteiger partial charge in [-0.15, -0.1) is 0 Å². The number of hydrogen-bond donors (Lipinski definition) is 1. The van der Waals surface area contributed by atoms with Gasteiger partial charge in [0.25, 0.3) is 0 Å². The minimum absolute atomic E-state index is 0.0211. The van der Waals surface area contributed by atoms with E-state index in [0.29, 0.717) is 25.0 Å². The van der Waals surface area contributed by atoms with E-state index in [2.05, 4.69) is 29.7 Å². The largest absolute Gasteiger partial charge is 0.369 e. The zero-order valence-corrected chi connectivity index (χ0v) is 14.2. The quantitative estimate of drug-likeness (QED) is 0.881. The minimum Gasteiger partial charge on any atom is -0.369 e. The van der Waals surface area contributed by atoms with E-state index in [1.165, 1.54) is 12.8 Å². The number of hydrogen-bond acceptors (Lipinski definition) is 8. The second-order valence-electron chi connectivity index (χ2n) is 6.45. The van der Waals surface area contributed by atoms with Crippen LogP contribution in [0.15, 0.2) is 24.4 Å². The van der Waals surface area contributed by atoms with E-state index < -0.39 is 0 Å². The summed E-state index contributed by atoms with van der Waals surface area (Å²) >= 11 is 0. The molecule has 4 rings (SSSR count). The molecule has 0 radical (unpaired) electrons. The van der Waals surface area contributed by atoms with Crippen molar-refractivity contribution in [3.8, 4) is 0 Å². The summed E-state index contributed by atoms with van der Waals surface area (Å²) in [6.07, 6.45) is 4.13. The lowest BCUT2D eigenvalue weighted by atomic mass is 10.2. The highest BCUT2D eigenvalue weighted by molar-refractivity contribution is 5.35. The first kappa shape index (κ1) is 16.2. The molecule has 0 amide bonds. The molecule has 2 aromatic heterocycles. The highest BCUT2D eigenvalue weighted by Crippen LogP contribution is 2.22. The van der Waals surface area contributed by atoms with Crippen LogP contribution in [0.25, 0.3) is 0 Å². The standard InChI is InChI=1S/C17H23N7O/c18-16-20-15(21-17(22-16)24-7-3-4-8-24)12-23-9-10-25-14(11-23)13-5-1-2-6-19-13/h1-2,5-6,14H,3-4,7-12H2,(H2,18,20,21,22). The predicted molar refractivity (Wildman–Crippen MR) is 93.9 cm³/mol. The van der Waals surface area contributed by atoms with Crippen LogP contribution in [-0.4, -0.2) is 57.6 Å². The van der Waals surface area contributed by atoms with E-state index >= 15 is 0 Å². The highest BCUT2D eigenvalue weighted by atomic mass is 16.5. The van der Waals surface area contributed by atoms with E-state index in [1.807, 2.05) is 18.2 Å². The Balaban J connectivity index is 1.46. The first-order valence-corrected chi connectivity index (χ1v) is 8.78. The van der Waals surface area contributed by atoms with Crippen LogP contribution < -0.4 is 10.6 Å². The number of nitrogens with two attached hydrogens (primary N) is 1. The van der Waals surface area contributed by atoms with E-state index in [-0.39, 0.29) is 6.10 Å². The van der Waals surface area contributed by atoms with Gasteiger partial charge in [0.2, 0.25) is 11.9 Å². The molecule has 8 nitrogen and oxygen atoms in total.